The maximum Gasteiger partial charge on any atom is 0.230 e. The van der Waals surface area contributed by atoms with E-state index in [4.69, 9.17) is 16.7 Å². The Morgan fingerprint density at radius 2 is 1.75 bits per heavy atom. The number of benzene rings is 1. The molecule has 0 saturated carbocycles. The fourth-order valence-corrected chi connectivity index (χ4v) is 2.06. The second-order valence-corrected chi connectivity index (χ2v) is 6.89. The van der Waals surface area contributed by atoms with Gasteiger partial charge >= 0.3 is 0 Å². The number of amides is 1. The molecule has 1 aromatic carbocycles. The zero-order chi connectivity index (χ0) is 15.4. The van der Waals surface area contributed by atoms with Crippen molar-refractivity contribution in [2.24, 2.45) is 5.41 Å². The fraction of sp³-hybridized carbons (Fsp3) is 0.562. The average molecular weight is 298 g/mol. The summed E-state index contributed by atoms with van der Waals surface area (Å²) in [5.41, 5.74) is 0.208. The highest BCUT2D eigenvalue weighted by molar-refractivity contribution is 6.30. The molecule has 0 aliphatic rings. The number of rotatable bonds is 6. The molecule has 3 nitrogen and oxygen atoms in total. The fourth-order valence-electron chi connectivity index (χ4n) is 1.93. The van der Waals surface area contributed by atoms with E-state index in [1.165, 1.54) is 0 Å². The van der Waals surface area contributed by atoms with E-state index in [1.54, 1.807) is 12.1 Å². The zero-order valence-corrected chi connectivity index (χ0v) is 13.4. The van der Waals surface area contributed by atoms with Gasteiger partial charge in [0.15, 0.2) is 0 Å². The first kappa shape index (κ1) is 17.0. The predicted octanol–water partition coefficient (Wildman–Crippen LogP) is 3.14. The van der Waals surface area contributed by atoms with E-state index in [1.807, 2.05) is 39.8 Å². The Bertz CT molecular complexity index is 452. The van der Waals surface area contributed by atoms with Crippen LogP contribution >= 0.6 is 11.6 Å². The summed E-state index contributed by atoms with van der Waals surface area (Å²) in [6.07, 6.45) is 0.661. The first-order valence-electron chi connectivity index (χ1n) is 6.84. The second kappa shape index (κ2) is 6.59. The maximum absolute atomic E-state index is 12.4. The molecule has 1 aromatic rings. The van der Waals surface area contributed by atoms with Crippen LogP contribution in [0.15, 0.2) is 24.3 Å². The lowest BCUT2D eigenvalue weighted by molar-refractivity contribution is -0.126. The molecule has 0 aliphatic heterocycles. The lowest BCUT2D eigenvalue weighted by Gasteiger charge is -2.29. The van der Waals surface area contributed by atoms with Gasteiger partial charge in [0.25, 0.3) is 0 Å². The summed E-state index contributed by atoms with van der Waals surface area (Å²) >= 11 is 5.87. The minimum absolute atomic E-state index is 0.0224. The van der Waals surface area contributed by atoms with Crippen LogP contribution in [0, 0.1) is 5.41 Å². The highest BCUT2D eigenvalue weighted by Crippen LogP contribution is 2.26. The number of aliphatic hydroxyl groups excluding tert-OH is 1. The van der Waals surface area contributed by atoms with Gasteiger partial charge in [0.2, 0.25) is 5.91 Å². The summed E-state index contributed by atoms with van der Waals surface area (Å²) in [7, 11) is 0. The van der Waals surface area contributed by atoms with Gasteiger partial charge in [0, 0.05) is 18.2 Å². The zero-order valence-electron chi connectivity index (χ0n) is 12.7. The number of halogens is 1. The molecule has 0 radical (unpaired) electrons. The molecule has 0 heterocycles. The van der Waals surface area contributed by atoms with Crippen LogP contribution in [-0.4, -0.2) is 24.2 Å². The van der Waals surface area contributed by atoms with E-state index in [-0.39, 0.29) is 17.9 Å². The summed E-state index contributed by atoms with van der Waals surface area (Å²) in [5, 5.41) is 12.6. The topological polar surface area (TPSA) is 49.3 Å². The summed E-state index contributed by atoms with van der Waals surface area (Å²) in [6, 6.07) is 7.34. The molecule has 4 heteroatoms. The SMILES string of the molecule is CC(C)(CCO)CNC(=O)C(C)(C)c1ccc(Cl)cc1. The van der Waals surface area contributed by atoms with Gasteiger partial charge < -0.3 is 10.4 Å². The molecule has 2 N–H and O–H groups in total. The quantitative estimate of drug-likeness (QED) is 0.847. The second-order valence-electron chi connectivity index (χ2n) is 6.45. The third kappa shape index (κ3) is 4.50. The molecule has 0 saturated heterocycles. The molecule has 0 unspecified atom stereocenters. The monoisotopic (exact) mass is 297 g/mol. The smallest absolute Gasteiger partial charge is 0.230 e. The Balaban J connectivity index is 2.72. The maximum atomic E-state index is 12.4. The largest absolute Gasteiger partial charge is 0.396 e. The van der Waals surface area contributed by atoms with Crippen LogP contribution in [0.25, 0.3) is 0 Å². The van der Waals surface area contributed by atoms with Gasteiger partial charge in [0.1, 0.15) is 0 Å². The molecule has 0 aromatic heterocycles. The van der Waals surface area contributed by atoms with Gasteiger partial charge in [-0.2, -0.15) is 0 Å². The molecule has 112 valence electrons. The third-order valence-corrected chi connectivity index (χ3v) is 3.90. The predicted molar refractivity (Wildman–Crippen MR) is 83.0 cm³/mol. The number of aliphatic hydroxyl groups is 1. The van der Waals surface area contributed by atoms with E-state index >= 15 is 0 Å². The summed E-state index contributed by atoms with van der Waals surface area (Å²) in [5.74, 6) is -0.0224. The molecule has 1 rings (SSSR count). The standard InChI is InChI=1S/C16H24ClNO2/c1-15(2,9-10-19)11-18-14(20)16(3,4)12-5-7-13(17)8-6-12/h5-8,19H,9-11H2,1-4H3,(H,18,20). The number of nitrogens with one attached hydrogen (secondary N) is 1. The van der Waals surface area contributed by atoms with Crippen molar-refractivity contribution in [1.82, 2.24) is 5.32 Å². The van der Waals surface area contributed by atoms with E-state index < -0.39 is 5.41 Å². The number of hydrogen-bond acceptors (Lipinski definition) is 2. The van der Waals surface area contributed by atoms with Gasteiger partial charge in [-0.05, 0) is 43.4 Å². The van der Waals surface area contributed by atoms with Gasteiger partial charge in [-0.3, -0.25) is 4.79 Å². The molecule has 0 aliphatic carbocycles. The molecule has 0 atom stereocenters. The van der Waals surface area contributed by atoms with E-state index in [9.17, 15) is 4.79 Å². The number of hydrogen-bond donors (Lipinski definition) is 2. The van der Waals surface area contributed by atoms with Crippen molar-refractivity contribution in [1.29, 1.82) is 0 Å². The summed E-state index contributed by atoms with van der Waals surface area (Å²) in [6.45, 7) is 8.51. The van der Waals surface area contributed by atoms with Crippen molar-refractivity contribution in [2.75, 3.05) is 13.2 Å². The summed E-state index contributed by atoms with van der Waals surface area (Å²) in [4.78, 5) is 12.4. The number of carbonyl (C=O) groups excluding carboxylic acids is 1. The highest BCUT2D eigenvalue weighted by Gasteiger charge is 2.30. The van der Waals surface area contributed by atoms with Crippen molar-refractivity contribution in [3.05, 3.63) is 34.9 Å². The first-order chi connectivity index (χ1) is 9.19. The van der Waals surface area contributed by atoms with Gasteiger partial charge in [0.05, 0.1) is 5.41 Å². The molecule has 0 spiro atoms. The van der Waals surface area contributed by atoms with Gasteiger partial charge in [-0.1, -0.05) is 37.6 Å². The molecule has 20 heavy (non-hydrogen) atoms. The Morgan fingerprint density at radius 3 is 2.25 bits per heavy atom. The van der Waals surface area contributed by atoms with Crippen molar-refractivity contribution in [3.63, 3.8) is 0 Å². The van der Waals surface area contributed by atoms with Crippen LogP contribution in [0.2, 0.25) is 5.02 Å². The molecular weight excluding hydrogens is 274 g/mol. The van der Waals surface area contributed by atoms with E-state index in [0.29, 0.717) is 18.0 Å². The average Bonchev–Trinajstić information content (AvgIpc) is 2.36. The molecule has 1 amide bonds. The van der Waals surface area contributed by atoms with Crippen LogP contribution in [0.1, 0.15) is 39.7 Å². The van der Waals surface area contributed by atoms with Gasteiger partial charge in [-0.25, -0.2) is 0 Å². The summed E-state index contributed by atoms with van der Waals surface area (Å²) < 4.78 is 0. The van der Waals surface area contributed by atoms with Crippen LogP contribution in [0.4, 0.5) is 0 Å². The Kier molecular flexibility index (Phi) is 5.60. The minimum atomic E-state index is -0.611. The van der Waals surface area contributed by atoms with Crippen LogP contribution in [-0.2, 0) is 10.2 Å². The molecular formula is C16H24ClNO2. The minimum Gasteiger partial charge on any atom is -0.396 e. The van der Waals surface area contributed by atoms with Crippen LogP contribution in [0.5, 0.6) is 0 Å². The van der Waals surface area contributed by atoms with Gasteiger partial charge in [-0.15, -0.1) is 0 Å². The van der Waals surface area contributed by atoms with Crippen molar-refractivity contribution in [3.8, 4) is 0 Å². The third-order valence-electron chi connectivity index (χ3n) is 3.65. The lowest BCUT2D eigenvalue weighted by Crippen LogP contribution is -2.44. The Hall–Kier alpha value is -1.06. The first-order valence-corrected chi connectivity index (χ1v) is 7.22. The molecule has 0 fully saturated rings. The number of carbonyl (C=O) groups is 1. The normalized spacial score (nSPS) is 12.3. The Morgan fingerprint density at radius 1 is 1.20 bits per heavy atom. The van der Waals surface area contributed by atoms with Crippen molar-refractivity contribution < 1.29 is 9.90 Å². The van der Waals surface area contributed by atoms with Crippen LogP contribution in [0.3, 0.4) is 0 Å². The Labute approximate surface area is 126 Å². The van der Waals surface area contributed by atoms with Crippen molar-refractivity contribution in [2.45, 2.75) is 39.5 Å². The lowest BCUT2D eigenvalue weighted by atomic mass is 9.83. The highest BCUT2D eigenvalue weighted by atomic mass is 35.5. The van der Waals surface area contributed by atoms with Crippen molar-refractivity contribution >= 4 is 17.5 Å². The van der Waals surface area contributed by atoms with E-state index in [0.717, 1.165) is 5.56 Å². The van der Waals surface area contributed by atoms with E-state index in [2.05, 4.69) is 5.32 Å². The molecule has 0 bridgehead atoms. The van der Waals surface area contributed by atoms with Crippen LogP contribution < -0.4 is 5.32 Å².